The van der Waals surface area contributed by atoms with E-state index in [1.807, 2.05) is 6.07 Å². The summed E-state index contributed by atoms with van der Waals surface area (Å²) in [5, 5.41) is 0.785. The molecule has 0 fully saturated rings. The summed E-state index contributed by atoms with van der Waals surface area (Å²) < 4.78 is 0. The fraction of sp³-hybridized carbons (Fsp3) is 0.583. The summed E-state index contributed by atoms with van der Waals surface area (Å²) in [4.78, 5) is 4.58. The Morgan fingerprint density at radius 2 is 2.20 bits per heavy atom. The standard InChI is InChI=1S/C12H17BrClN/c1-9(2)11(13)5-3-4-10-6-7-15-8-12(10)14/h6-9,11H,3-5H2,1-2H3. The molecule has 0 spiro atoms. The van der Waals surface area contributed by atoms with Gasteiger partial charge in [0.2, 0.25) is 0 Å². The number of aryl methyl sites for hydroxylation is 1. The second kappa shape index (κ2) is 6.49. The van der Waals surface area contributed by atoms with Gasteiger partial charge in [-0.15, -0.1) is 0 Å². The Kier molecular flexibility index (Phi) is 5.62. The molecule has 1 unspecified atom stereocenters. The van der Waals surface area contributed by atoms with Crippen LogP contribution in [0.15, 0.2) is 18.5 Å². The van der Waals surface area contributed by atoms with E-state index in [2.05, 4.69) is 34.8 Å². The highest BCUT2D eigenvalue weighted by molar-refractivity contribution is 9.09. The molecule has 0 aliphatic carbocycles. The molecule has 0 aromatic carbocycles. The van der Waals surface area contributed by atoms with Crippen molar-refractivity contribution < 1.29 is 0 Å². The Bertz CT molecular complexity index is 301. The van der Waals surface area contributed by atoms with Gasteiger partial charge < -0.3 is 0 Å². The fourth-order valence-electron chi connectivity index (χ4n) is 1.43. The van der Waals surface area contributed by atoms with E-state index in [-0.39, 0.29) is 0 Å². The largest absolute Gasteiger partial charge is 0.263 e. The summed E-state index contributed by atoms with van der Waals surface area (Å²) in [5.74, 6) is 0.693. The minimum Gasteiger partial charge on any atom is -0.263 e. The first kappa shape index (κ1) is 13.0. The number of aromatic nitrogens is 1. The van der Waals surface area contributed by atoms with Crippen LogP contribution in [0, 0.1) is 5.92 Å². The lowest BCUT2D eigenvalue weighted by Gasteiger charge is -2.13. The molecule has 0 saturated carbocycles. The average Bonchev–Trinajstić information content (AvgIpc) is 2.20. The highest BCUT2D eigenvalue weighted by Crippen LogP contribution is 2.21. The Morgan fingerprint density at radius 3 is 2.80 bits per heavy atom. The van der Waals surface area contributed by atoms with Crippen LogP contribution < -0.4 is 0 Å². The molecule has 0 aliphatic rings. The average molecular weight is 291 g/mol. The highest BCUT2D eigenvalue weighted by atomic mass is 79.9. The zero-order chi connectivity index (χ0) is 11.3. The predicted molar refractivity (Wildman–Crippen MR) is 69.7 cm³/mol. The Labute approximate surface area is 105 Å². The molecule has 3 heteroatoms. The van der Waals surface area contributed by atoms with Crippen LogP contribution in [0.2, 0.25) is 5.02 Å². The normalized spacial score (nSPS) is 13.1. The number of alkyl halides is 1. The molecule has 0 bridgehead atoms. The zero-order valence-electron chi connectivity index (χ0n) is 9.21. The van der Waals surface area contributed by atoms with E-state index in [0.717, 1.165) is 17.9 Å². The zero-order valence-corrected chi connectivity index (χ0v) is 11.6. The number of hydrogen-bond acceptors (Lipinski definition) is 1. The summed E-state index contributed by atoms with van der Waals surface area (Å²) in [7, 11) is 0. The van der Waals surface area contributed by atoms with Gasteiger partial charge in [-0.25, -0.2) is 0 Å². The molecule has 1 atom stereocenters. The van der Waals surface area contributed by atoms with Crippen LogP contribution in [0.1, 0.15) is 32.3 Å². The van der Waals surface area contributed by atoms with Gasteiger partial charge in [-0.3, -0.25) is 4.98 Å². The molecule has 1 rings (SSSR count). The van der Waals surface area contributed by atoms with Crippen molar-refractivity contribution in [2.24, 2.45) is 5.92 Å². The van der Waals surface area contributed by atoms with Crippen molar-refractivity contribution in [3.05, 3.63) is 29.0 Å². The first-order chi connectivity index (χ1) is 7.11. The summed E-state index contributed by atoms with van der Waals surface area (Å²) in [6, 6.07) is 2.00. The molecular weight excluding hydrogens is 273 g/mol. The fourth-order valence-corrected chi connectivity index (χ4v) is 1.97. The van der Waals surface area contributed by atoms with Gasteiger partial charge in [-0.1, -0.05) is 41.4 Å². The smallest absolute Gasteiger partial charge is 0.0621 e. The molecule has 1 aromatic rings. The number of hydrogen-bond donors (Lipinski definition) is 0. The van der Waals surface area contributed by atoms with Crippen molar-refractivity contribution in [2.45, 2.75) is 37.9 Å². The number of rotatable bonds is 5. The minimum absolute atomic E-state index is 0.609. The molecular formula is C12H17BrClN. The number of halogens is 2. The van der Waals surface area contributed by atoms with Crippen molar-refractivity contribution in [1.82, 2.24) is 4.98 Å². The van der Waals surface area contributed by atoms with Crippen LogP contribution >= 0.6 is 27.5 Å². The van der Waals surface area contributed by atoms with Gasteiger partial charge in [-0.05, 0) is 36.8 Å². The van der Waals surface area contributed by atoms with E-state index in [0.29, 0.717) is 10.7 Å². The van der Waals surface area contributed by atoms with Crippen molar-refractivity contribution in [1.29, 1.82) is 0 Å². The lowest BCUT2D eigenvalue weighted by Crippen LogP contribution is -2.07. The van der Waals surface area contributed by atoms with E-state index < -0.39 is 0 Å². The Hall–Kier alpha value is -0.0800. The lowest BCUT2D eigenvalue weighted by atomic mass is 10.0. The van der Waals surface area contributed by atoms with Crippen molar-refractivity contribution in [3.8, 4) is 0 Å². The van der Waals surface area contributed by atoms with Crippen LogP contribution in [0.3, 0.4) is 0 Å². The molecule has 1 nitrogen and oxygen atoms in total. The van der Waals surface area contributed by atoms with Crippen LogP contribution in [-0.4, -0.2) is 9.81 Å². The second-order valence-electron chi connectivity index (χ2n) is 4.12. The predicted octanol–water partition coefficient (Wildman–Crippen LogP) is 4.48. The minimum atomic E-state index is 0.609. The monoisotopic (exact) mass is 289 g/mol. The third kappa shape index (κ3) is 4.52. The summed E-state index contributed by atoms with van der Waals surface area (Å²) in [6.07, 6.45) is 6.91. The molecule has 15 heavy (non-hydrogen) atoms. The summed E-state index contributed by atoms with van der Waals surface area (Å²) in [5.41, 5.74) is 1.20. The SMILES string of the molecule is CC(C)C(Br)CCCc1ccncc1Cl. The Morgan fingerprint density at radius 1 is 1.47 bits per heavy atom. The maximum Gasteiger partial charge on any atom is 0.0621 e. The van der Waals surface area contributed by atoms with Gasteiger partial charge >= 0.3 is 0 Å². The van der Waals surface area contributed by atoms with Crippen molar-refractivity contribution in [3.63, 3.8) is 0 Å². The van der Waals surface area contributed by atoms with Crippen molar-refractivity contribution in [2.75, 3.05) is 0 Å². The van der Waals surface area contributed by atoms with E-state index in [4.69, 9.17) is 11.6 Å². The molecule has 1 aromatic heterocycles. The maximum atomic E-state index is 6.03. The van der Waals surface area contributed by atoms with Gasteiger partial charge in [-0.2, -0.15) is 0 Å². The molecule has 0 saturated heterocycles. The van der Waals surface area contributed by atoms with Crippen LogP contribution in [0.5, 0.6) is 0 Å². The Balaban J connectivity index is 2.35. The maximum absolute atomic E-state index is 6.03. The third-order valence-electron chi connectivity index (χ3n) is 2.51. The summed E-state index contributed by atoms with van der Waals surface area (Å²) in [6.45, 7) is 4.47. The quantitative estimate of drug-likeness (QED) is 0.729. The molecule has 0 amide bonds. The molecule has 0 N–H and O–H groups in total. The van der Waals surface area contributed by atoms with E-state index in [1.165, 1.54) is 12.0 Å². The number of pyridine rings is 1. The van der Waals surface area contributed by atoms with Crippen LogP contribution in [0.25, 0.3) is 0 Å². The second-order valence-corrected chi connectivity index (χ2v) is 5.70. The van der Waals surface area contributed by atoms with Gasteiger partial charge in [0.1, 0.15) is 0 Å². The number of nitrogens with zero attached hydrogens (tertiary/aromatic N) is 1. The lowest BCUT2D eigenvalue weighted by molar-refractivity contribution is 0.562. The van der Waals surface area contributed by atoms with Gasteiger partial charge in [0.05, 0.1) is 5.02 Å². The topological polar surface area (TPSA) is 12.9 Å². The van der Waals surface area contributed by atoms with E-state index in [1.54, 1.807) is 12.4 Å². The third-order valence-corrected chi connectivity index (χ3v) is 4.36. The molecule has 0 radical (unpaired) electrons. The van der Waals surface area contributed by atoms with Crippen molar-refractivity contribution >= 4 is 27.5 Å². The van der Waals surface area contributed by atoms with E-state index in [9.17, 15) is 0 Å². The van der Waals surface area contributed by atoms with Gasteiger partial charge in [0.15, 0.2) is 0 Å². The van der Waals surface area contributed by atoms with Gasteiger partial charge in [0, 0.05) is 17.2 Å². The first-order valence-electron chi connectivity index (χ1n) is 5.33. The van der Waals surface area contributed by atoms with Crippen LogP contribution in [0.4, 0.5) is 0 Å². The highest BCUT2D eigenvalue weighted by Gasteiger charge is 2.08. The molecule has 1 heterocycles. The summed E-state index contributed by atoms with van der Waals surface area (Å²) >= 11 is 9.72. The molecule has 84 valence electrons. The van der Waals surface area contributed by atoms with Crippen LogP contribution in [-0.2, 0) is 6.42 Å². The van der Waals surface area contributed by atoms with E-state index >= 15 is 0 Å². The first-order valence-corrected chi connectivity index (χ1v) is 6.63. The molecule has 0 aliphatic heterocycles. The van der Waals surface area contributed by atoms with Gasteiger partial charge in [0.25, 0.3) is 0 Å².